The molecule has 0 bridgehead atoms. The van der Waals surface area contributed by atoms with E-state index in [9.17, 15) is 44.6 Å². The van der Waals surface area contributed by atoms with E-state index in [2.05, 4.69) is 49.5 Å². The van der Waals surface area contributed by atoms with E-state index in [1.807, 2.05) is 6.07 Å². The van der Waals surface area contributed by atoms with Gasteiger partial charge in [-0.15, -0.1) is 11.3 Å². The number of phenols is 2. The normalized spacial score (nSPS) is 24.7. The summed E-state index contributed by atoms with van der Waals surface area (Å²) in [7, 11) is 1.60. The van der Waals surface area contributed by atoms with E-state index in [0.29, 0.717) is 69.8 Å². The number of carbonyl (C=O) groups excluding carboxylic acids is 4. The maximum absolute atomic E-state index is 13.7. The number of nitrogens with one attached hydrogen (secondary N) is 2. The number of phenolic OH excluding ortho intramolecular Hbond substituents is 2. The van der Waals surface area contributed by atoms with Gasteiger partial charge in [-0.3, -0.25) is 14.4 Å². The van der Waals surface area contributed by atoms with Gasteiger partial charge in [-0.1, -0.05) is 60.6 Å². The van der Waals surface area contributed by atoms with E-state index in [4.69, 9.17) is 4.74 Å². The average molecular weight is 1070 g/mol. The number of nitrogens with zero attached hydrogens (tertiary/aromatic N) is 4. The number of unbranched alkanes of at least 4 members (excludes halogenated alkanes) is 1. The van der Waals surface area contributed by atoms with Crippen molar-refractivity contribution in [3.05, 3.63) is 44.8 Å². The number of rotatable bonds is 22. The molecule has 7 rings (SSSR count). The number of hydrogen-bond donors (Lipinski definition) is 5. The molecule has 1 aromatic heterocycles. The molecular weight excluding hydrogens is 981 g/mol. The molecule has 4 aliphatic rings. The molecular formula is C60H84N6O9S. The molecule has 4 aliphatic carbocycles. The molecule has 2 aromatic carbocycles. The van der Waals surface area contributed by atoms with E-state index in [-0.39, 0.29) is 95.7 Å². The highest BCUT2D eigenvalue weighted by Crippen LogP contribution is 2.68. The van der Waals surface area contributed by atoms with Crippen LogP contribution in [0.25, 0.3) is 23.4 Å². The molecule has 16 heteroatoms. The van der Waals surface area contributed by atoms with Crippen LogP contribution in [0.15, 0.2) is 18.2 Å². The molecule has 9 atom stereocenters. The average Bonchev–Trinajstić information content (AvgIpc) is 3.97. The minimum Gasteiger partial charge on any atom is -0.507 e. The summed E-state index contributed by atoms with van der Waals surface area (Å²) in [5, 5.41) is 47.5. The van der Waals surface area contributed by atoms with Gasteiger partial charge in [0.25, 0.3) is 0 Å². The predicted octanol–water partition coefficient (Wildman–Crippen LogP) is 9.44. The number of fused-ring (bicyclic) bond motifs is 6. The van der Waals surface area contributed by atoms with E-state index >= 15 is 0 Å². The Morgan fingerprint density at radius 3 is 2.39 bits per heavy atom. The number of nitriles is 1. The topological polar surface area (TPSA) is 222 Å². The fraction of sp³-hybridized carbons (Fsp3) is 0.650. The number of amides is 4. The number of carboxylic acid groups (broad SMARTS) is 1. The highest BCUT2D eigenvalue weighted by atomic mass is 32.1. The van der Waals surface area contributed by atoms with Crippen LogP contribution in [0.2, 0.25) is 0 Å². The third-order valence-corrected chi connectivity index (χ3v) is 20.0. The second-order valence-electron chi connectivity index (χ2n) is 24.2. The molecule has 15 nitrogen and oxygen atoms in total. The van der Waals surface area contributed by atoms with Crippen molar-refractivity contribution >= 4 is 64.5 Å². The molecule has 1 heterocycles. The quantitative estimate of drug-likeness (QED) is 0.0471. The highest BCUT2D eigenvalue weighted by molar-refractivity contribution is 7.19. The standard InChI is InChI=1S/C60H84N6O9S/c1-36(43-22-23-44-42-21-19-40-15-10-12-27-59(40,7)45(42)26-28-60(43,44)8)18-25-50(68)63-47(56(72)73)16-11-13-29-62-49(67)17-14-30-66(57(74)75-41-20-24-46-48(33-41)76-51(35-61)64-46)32-31-65(9)52(69)34-58(5,6)53-39(4)54(70)37(2)38(3)55(53)71/h20,24,33,36,40,42-45,47,70-71H,3-4,10-19,21-23,25-32,34H2,1-2,5-9H3,(H,62,67)(H,63,68)(H,72,73). The van der Waals surface area contributed by atoms with E-state index < -0.39 is 23.5 Å². The Hall–Kier alpha value is -5.69. The van der Waals surface area contributed by atoms with Gasteiger partial charge in [-0.2, -0.15) is 5.26 Å². The molecule has 0 saturated heterocycles. The SMILES string of the molecule is C=c1c(C)c(O)c(=C)c(C(C)(C)CC(=O)N(C)CCN(CCCC(=O)NCCCCC(NC(=O)CCC(C)C2CCC3C4CCC5CCCCC5(C)C4CCC23C)C(=O)O)C(=O)Oc2ccc3nc(C#N)sc3c2)c1O. The summed E-state index contributed by atoms with van der Waals surface area (Å²) < 4.78 is 6.43. The largest absolute Gasteiger partial charge is 0.507 e. The number of aliphatic carboxylic acids is 1. The Kier molecular flexibility index (Phi) is 18.6. The first-order chi connectivity index (χ1) is 36.0. The number of hydrogen-bond acceptors (Lipinski definition) is 11. The smallest absolute Gasteiger partial charge is 0.415 e. The summed E-state index contributed by atoms with van der Waals surface area (Å²) in [5.41, 5.74) is 1.19. The summed E-state index contributed by atoms with van der Waals surface area (Å²) in [4.78, 5) is 73.1. The van der Waals surface area contributed by atoms with Crippen molar-refractivity contribution in [3.63, 3.8) is 0 Å². The third kappa shape index (κ3) is 12.7. The maximum atomic E-state index is 13.7. The number of benzene rings is 2. The zero-order valence-electron chi connectivity index (χ0n) is 46.2. The molecule has 76 heavy (non-hydrogen) atoms. The molecule has 0 radical (unpaired) electrons. The first-order valence-electron chi connectivity index (χ1n) is 28.0. The number of aromatic hydroxyl groups is 2. The highest BCUT2D eigenvalue weighted by Gasteiger charge is 2.60. The van der Waals surface area contributed by atoms with Gasteiger partial charge >= 0.3 is 12.1 Å². The van der Waals surface area contributed by atoms with Crippen LogP contribution < -0.4 is 25.8 Å². The number of likely N-dealkylation sites (N-methyl/N-ethyl adjacent to an activating group) is 1. The Bertz CT molecular complexity index is 2790. The van der Waals surface area contributed by atoms with Crippen LogP contribution in [0, 0.1) is 64.6 Å². The Morgan fingerprint density at radius 2 is 1.66 bits per heavy atom. The van der Waals surface area contributed by atoms with Gasteiger partial charge in [0.15, 0.2) is 5.01 Å². The monoisotopic (exact) mass is 1060 g/mol. The third-order valence-electron chi connectivity index (χ3n) is 19.1. The lowest BCUT2D eigenvalue weighted by molar-refractivity contribution is -0.142. The maximum Gasteiger partial charge on any atom is 0.415 e. The number of ether oxygens (including phenoxy) is 1. The number of thiazole rings is 1. The van der Waals surface area contributed by atoms with Crippen LogP contribution >= 0.6 is 11.3 Å². The summed E-state index contributed by atoms with van der Waals surface area (Å²) in [6.07, 6.45) is 15.4. The molecule has 5 N–H and O–H groups in total. The zero-order chi connectivity index (χ0) is 55.3. The fourth-order valence-electron chi connectivity index (χ4n) is 14.7. The fourth-order valence-corrected chi connectivity index (χ4v) is 15.5. The molecule has 4 fully saturated rings. The van der Waals surface area contributed by atoms with Crippen LogP contribution in [0.1, 0.15) is 166 Å². The summed E-state index contributed by atoms with van der Waals surface area (Å²) >= 11 is 1.17. The molecule has 9 unspecified atom stereocenters. The van der Waals surface area contributed by atoms with Crippen molar-refractivity contribution in [2.24, 2.45) is 46.3 Å². The van der Waals surface area contributed by atoms with E-state index in [0.717, 1.165) is 30.1 Å². The molecule has 4 amide bonds. The van der Waals surface area contributed by atoms with E-state index in [1.165, 1.54) is 85.3 Å². The molecule has 414 valence electrons. The first kappa shape index (κ1) is 58.0. The van der Waals surface area contributed by atoms with Gasteiger partial charge in [0, 0.05) is 85.5 Å². The summed E-state index contributed by atoms with van der Waals surface area (Å²) in [6.45, 7) is 21.1. The minimum atomic E-state index is -1.07. The van der Waals surface area contributed by atoms with Crippen LogP contribution in [0.5, 0.6) is 17.2 Å². The second kappa shape index (κ2) is 24.3. The van der Waals surface area contributed by atoms with E-state index in [1.54, 1.807) is 46.0 Å². The van der Waals surface area contributed by atoms with Crippen molar-refractivity contribution in [1.29, 1.82) is 5.26 Å². The van der Waals surface area contributed by atoms with Crippen molar-refractivity contribution in [2.45, 2.75) is 169 Å². The summed E-state index contributed by atoms with van der Waals surface area (Å²) in [6, 6.07) is 5.88. The number of aromatic nitrogens is 1. The van der Waals surface area contributed by atoms with Crippen LogP contribution in [0.3, 0.4) is 0 Å². The van der Waals surface area contributed by atoms with Crippen molar-refractivity contribution in [3.8, 4) is 23.3 Å². The first-order valence-corrected chi connectivity index (χ1v) is 28.8. The van der Waals surface area contributed by atoms with Gasteiger partial charge in [0.1, 0.15) is 29.4 Å². The van der Waals surface area contributed by atoms with Crippen LogP contribution in [-0.2, 0) is 24.6 Å². The van der Waals surface area contributed by atoms with Gasteiger partial charge in [-0.05, 0) is 149 Å². The summed E-state index contributed by atoms with van der Waals surface area (Å²) in [5.74, 6) is 2.53. The lowest BCUT2D eigenvalue weighted by atomic mass is 9.44. The number of carbonyl (C=O) groups is 5. The zero-order valence-corrected chi connectivity index (χ0v) is 47.0. The number of carboxylic acids is 1. The molecule has 4 saturated carbocycles. The Labute approximate surface area is 453 Å². The van der Waals surface area contributed by atoms with Crippen LogP contribution in [-0.4, -0.2) is 99.2 Å². The molecule has 0 aliphatic heterocycles. The molecule has 0 spiro atoms. The van der Waals surface area contributed by atoms with Crippen molar-refractivity contribution < 1.29 is 44.0 Å². The van der Waals surface area contributed by atoms with Crippen LogP contribution in [0.4, 0.5) is 4.79 Å². The Morgan fingerprint density at radius 1 is 0.908 bits per heavy atom. The lowest BCUT2D eigenvalue weighted by Crippen LogP contribution is -2.53. The predicted molar refractivity (Wildman–Crippen MR) is 296 cm³/mol. The van der Waals surface area contributed by atoms with Crippen molar-refractivity contribution in [1.82, 2.24) is 25.4 Å². The van der Waals surface area contributed by atoms with Gasteiger partial charge in [0.05, 0.1) is 10.2 Å². The van der Waals surface area contributed by atoms with Gasteiger partial charge < -0.3 is 40.5 Å². The minimum absolute atomic E-state index is 0.0582. The second-order valence-corrected chi connectivity index (χ2v) is 25.2. The molecule has 3 aromatic rings. The lowest BCUT2D eigenvalue weighted by Gasteiger charge is -2.61. The van der Waals surface area contributed by atoms with Crippen molar-refractivity contribution in [2.75, 3.05) is 33.2 Å². The van der Waals surface area contributed by atoms with Gasteiger partial charge in [-0.25, -0.2) is 14.6 Å². The van der Waals surface area contributed by atoms with Gasteiger partial charge in [0.2, 0.25) is 17.7 Å². The Balaban J connectivity index is 0.850.